The average Bonchev–Trinajstić information content (AvgIpc) is 3.33. The number of halogens is 9. The van der Waals surface area contributed by atoms with Crippen LogP contribution >= 0.6 is 0 Å². The van der Waals surface area contributed by atoms with Gasteiger partial charge in [-0.2, -0.15) is 26.3 Å². The van der Waals surface area contributed by atoms with E-state index in [2.05, 4.69) is 12.1 Å². The van der Waals surface area contributed by atoms with Gasteiger partial charge in [-0.3, -0.25) is 4.90 Å². The molecule has 1 atom stereocenters. The van der Waals surface area contributed by atoms with Gasteiger partial charge >= 0.3 is 18.4 Å². The van der Waals surface area contributed by atoms with Crippen molar-refractivity contribution in [1.29, 1.82) is 0 Å². The number of alkyl halides is 6. The Morgan fingerprint density at radius 1 is 0.766 bits per heavy atom. The number of amides is 1. The van der Waals surface area contributed by atoms with E-state index in [0.29, 0.717) is 18.7 Å². The van der Waals surface area contributed by atoms with Crippen molar-refractivity contribution >= 4 is 6.09 Å². The van der Waals surface area contributed by atoms with Gasteiger partial charge < -0.3 is 27.1 Å². The molecule has 4 saturated heterocycles. The number of rotatable bonds is 7. The highest BCUT2D eigenvalue weighted by atomic mass is 35.5. The first-order chi connectivity index (χ1) is 21.1. The number of hydrogen-bond acceptors (Lipinski definition) is 2. The van der Waals surface area contributed by atoms with E-state index < -0.39 is 53.4 Å². The van der Waals surface area contributed by atoms with Gasteiger partial charge in [-0.05, 0) is 41.5 Å². The fourth-order valence-electron chi connectivity index (χ4n) is 7.33. The van der Waals surface area contributed by atoms with E-state index in [4.69, 9.17) is 4.74 Å². The minimum Gasteiger partial charge on any atom is -1.00 e. The van der Waals surface area contributed by atoms with E-state index in [1.165, 1.54) is 11.6 Å². The summed E-state index contributed by atoms with van der Waals surface area (Å²) in [6.07, 6.45) is -7.99. The number of carbonyl (C=O) groups is 1. The Kier molecular flexibility index (Phi) is 9.99. The number of cyclic esters (lactones) is 1. The lowest BCUT2D eigenvalue weighted by atomic mass is 9.66. The van der Waals surface area contributed by atoms with Gasteiger partial charge in [-0.25, -0.2) is 13.6 Å². The molecule has 256 valence electrons. The lowest BCUT2D eigenvalue weighted by molar-refractivity contribution is -0.944. The van der Waals surface area contributed by atoms with Crippen LogP contribution in [0.2, 0.25) is 0 Å². The molecule has 0 spiro atoms. The van der Waals surface area contributed by atoms with E-state index in [1.807, 2.05) is 18.2 Å². The van der Waals surface area contributed by atoms with Crippen molar-refractivity contribution in [3.8, 4) is 0 Å². The predicted octanol–water partition coefficient (Wildman–Crippen LogP) is 4.37. The molecule has 2 bridgehead atoms. The zero-order valence-corrected chi connectivity index (χ0v) is 25.8. The van der Waals surface area contributed by atoms with Gasteiger partial charge in [0.05, 0.1) is 43.9 Å². The SMILES string of the molecule is O.O=C1OC(CC[N+]23CCC(c4ccccc4)(CC2)CC3)(c2ccc(F)c(F)c2)CN1Cc1cc(C(F)(F)F)cc(C(F)(F)F)c1.[Cl-]. The van der Waals surface area contributed by atoms with Crippen molar-refractivity contribution in [2.45, 2.75) is 55.6 Å². The van der Waals surface area contributed by atoms with Crippen LogP contribution in [-0.2, 0) is 34.7 Å². The Morgan fingerprint density at radius 3 is 1.87 bits per heavy atom. The van der Waals surface area contributed by atoms with Gasteiger partial charge in [0.15, 0.2) is 17.2 Å². The summed E-state index contributed by atoms with van der Waals surface area (Å²) in [5.74, 6) is -2.27. The van der Waals surface area contributed by atoms with Gasteiger partial charge in [0.25, 0.3) is 0 Å². The molecular formula is C33H33ClF8N2O3. The lowest BCUT2D eigenvalue weighted by Crippen LogP contribution is -3.00. The largest absolute Gasteiger partial charge is 1.00 e. The van der Waals surface area contributed by atoms with Gasteiger partial charge in [-0.1, -0.05) is 36.4 Å². The van der Waals surface area contributed by atoms with Crippen molar-refractivity contribution in [3.05, 3.63) is 106 Å². The van der Waals surface area contributed by atoms with Crippen LogP contribution in [0.15, 0.2) is 66.7 Å². The summed E-state index contributed by atoms with van der Waals surface area (Å²) in [4.78, 5) is 14.2. The zero-order chi connectivity index (χ0) is 32.3. The highest BCUT2D eigenvalue weighted by Crippen LogP contribution is 2.48. The van der Waals surface area contributed by atoms with E-state index >= 15 is 0 Å². The number of nitrogens with zero attached hydrogens (tertiary/aromatic N) is 2. The van der Waals surface area contributed by atoms with Crippen LogP contribution in [0.25, 0.3) is 0 Å². The third-order valence-corrected chi connectivity index (χ3v) is 10.0. The second-order valence-corrected chi connectivity index (χ2v) is 12.6. The van der Waals surface area contributed by atoms with Gasteiger partial charge in [0.1, 0.15) is 0 Å². The molecule has 5 nitrogen and oxygen atoms in total. The van der Waals surface area contributed by atoms with Crippen LogP contribution in [0.3, 0.4) is 0 Å². The van der Waals surface area contributed by atoms with Crippen molar-refractivity contribution in [2.75, 3.05) is 32.7 Å². The normalized spacial score (nSPS) is 25.6. The second kappa shape index (κ2) is 12.9. The summed E-state index contributed by atoms with van der Waals surface area (Å²) < 4.78 is 116. The summed E-state index contributed by atoms with van der Waals surface area (Å²) in [6, 6.07) is 14.7. The molecule has 2 N–H and O–H groups in total. The number of quaternary nitrogens is 1. The van der Waals surface area contributed by atoms with Gasteiger partial charge in [-0.15, -0.1) is 0 Å². The van der Waals surface area contributed by atoms with Gasteiger partial charge in [0.2, 0.25) is 0 Å². The maximum atomic E-state index is 14.5. The highest BCUT2D eigenvalue weighted by molar-refractivity contribution is 5.71. The molecule has 4 aliphatic rings. The number of hydrogen-bond donors (Lipinski definition) is 0. The smallest absolute Gasteiger partial charge is 0.416 e. The number of piperidine rings is 3. The first kappa shape index (κ1) is 36.4. The molecule has 1 unspecified atom stereocenters. The average molecular weight is 693 g/mol. The van der Waals surface area contributed by atoms with E-state index in [0.717, 1.165) is 60.4 Å². The molecule has 0 aliphatic carbocycles. The summed E-state index contributed by atoms with van der Waals surface area (Å²) in [7, 11) is 0. The van der Waals surface area contributed by atoms with Crippen LogP contribution in [0.5, 0.6) is 0 Å². The third-order valence-electron chi connectivity index (χ3n) is 10.0. The molecule has 4 aliphatic heterocycles. The minimum absolute atomic E-state index is 0. The Morgan fingerprint density at radius 2 is 1.34 bits per heavy atom. The molecule has 4 heterocycles. The van der Waals surface area contributed by atoms with E-state index in [1.54, 1.807) is 0 Å². The molecule has 0 aromatic heterocycles. The van der Waals surface area contributed by atoms with Crippen LogP contribution in [0.4, 0.5) is 39.9 Å². The monoisotopic (exact) mass is 692 g/mol. The molecule has 7 rings (SSSR count). The third kappa shape index (κ3) is 7.07. The van der Waals surface area contributed by atoms with E-state index in [9.17, 15) is 39.9 Å². The summed E-state index contributed by atoms with van der Waals surface area (Å²) in [5, 5.41) is 0. The predicted molar refractivity (Wildman–Crippen MR) is 151 cm³/mol. The maximum absolute atomic E-state index is 14.5. The molecule has 14 heteroatoms. The van der Waals surface area contributed by atoms with Crippen LogP contribution < -0.4 is 12.4 Å². The Bertz CT molecular complexity index is 1540. The molecule has 1 amide bonds. The maximum Gasteiger partial charge on any atom is 0.416 e. The van der Waals surface area contributed by atoms with Crippen molar-refractivity contribution < 1.29 is 67.0 Å². The highest BCUT2D eigenvalue weighted by Gasteiger charge is 2.53. The summed E-state index contributed by atoms with van der Waals surface area (Å²) in [6.45, 7) is 2.27. The van der Waals surface area contributed by atoms with Crippen LogP contribution in [-0.4, -0.2) is 53.7 Å². The zero-order valence-electron chi connectivity index (χ0n) is 25.0. The number of fused-ring (bicyclic) bond motifs is 3. The fraction of sp³-hybridized carbons (Fsp3) is 0.424. The molecule has 3 aromatic carbocycles. The molecule has 47 heavy (non-hydrogen) atoms. The molecule has 0 saturated carbocycles. The Balaban J connectivity index is 0.00000250. The first-order valence-electron chi connectivity index (χ1n) is 14.7. The quantitative estimate of drug-likeness (QED) is 0.273. The number of ether oxygens (including phenoxy) is 1. The minimum atomic E-state index is -5.05. The second-order valence-electron chi connectivity index (χ2n) is 12.6. The molecule has 4 fully saturated rings. The van der Waals surface area contributed by atoms with Gasteiger partial charge in [0, 0.05) is 43.2 Å². The first-order valence-corrected chi connectivity index (χ1v) is 14.7. The van der Waals surface area contributed by atoms with Crippen molar-refractivity contribution in [1.82, 2.24) is 4.90 Å². The summed E-state index contributed by atoms with van der Waals surface area (Å²) >= 11 is 0. The van der Waals surface area contributed by atoms with Crippen LogP contribution in [0.1, 0.15) is 53.5 Å². The summed E-state index contributed by atoms with van der Waals surface area (Å²) in [5.41, 5.74) is -3.29. The van der Waals surface area contributed by atoms with Crippen LogP contribution in [0, 0.1) is 11.6 Å². The topological polar surface area (TPSA) is 61.0 Å². The molecule has 3 aromatic rings. The number of carbonyl (C=O) groups excluding carboxylic acids is 1. The lowest BCUT2D eigenvalue weighted by Gasteiger charge is -2.55. The Hall–Kier alpha value is -3.42. The number of benzene rings is 3. The van der Waals surface area contributed by atoms with E-state index in [-0.39, 0.29) is 53.5 Å². The Labute approximate surface area is 272 Å². The van der Waals surface area contributed by atoms with Crippen molar-refractivity contribution in [3.63, 3.8) is 0 Å². The standard InChI is InChI=1S/C33H31F8N2O2.ClH.H2O/c34-27-7-6-24(19-28(27)35)31(11-15-43-12-8-30(9-13-43,10-14-43)23-4-2-1-3-5-23)21-42(29(44)45-31)20-22-16-25(32(36,37)38)18-26(17-22)33(39,40)41;;/h1-7,16-19H,8-15,20-21H2;1H;1H2/q+1;;/p-1. The molecule has 0 radical (unpaired) electrons. The molecular weight excluding hydrogens is 660 g/mol. The fourth-order valence-corrected chi connectivity index (χ4v) is 7.33. The van der Waals surface area contributed by atoms with Crippen molar-refractivity contribution in [2.24, 2.45) is 0 Å².